The third kappa shape index (κ3) is 5.16. The molecule has 0 saturated carbocycles. The smallest absolute Gasteiger partial charge is 0.262 e. The van der Waals surface area contributed by atoms with E-state index in [0.717, 1.165) is 45.2 Å². The number of nitrogens with zero attached hydrogens (tertiary/aromatic N) is 3. The number of likely N-dealkylation sites (tertiary alicyclic amines) is 2. The van der Waals surface area contributed by atoms with Crippen molar-refractivity contribution in [3.05, 3.63) is 50.5 Å². The van der Waals surface area contributed by atoms with Crippen LogP contribution >= 0.6 is 12.2 Å². The molecule has 0 unspecified atom stereocenters. The molecule has 198 valence electrons. The van der Waals surface area contributed by atoms with Gasteiger partial charge in [-0.2, -0.15) is 0 Å². The highest BCUT2D eigenvalue weighted by Gasteiger charge is 2.45. The zero-order chi connectivity index (χ0) is 26.0. The molecule has 1 aromatic carbocycles. The van der Waals surface area contributed by atoms with Gasteiger partial charge in [-0.05, 0) is 101 Å². The molecule has 5 rings (SSSR count). The number of aromatic amines is 1. The van der Waals surface area contributed by atoms with Crippen molar-refractivity contribution in [3.63, 3.8) is 0 Å². The highest BCUT2D eigenvalue weighted by Crippen LogP contribution is 2.32. The van der Waals surface area contributed by atoms with Crippen LogP contribution in [-0.2, 0) is 11.3 Å². The number of carbonyl (C=O) groups excluding carboxylic acids is 2. The molecule has 2 aromatic rings. The third-order valence-electron chi connectivity index (χ3n) is 8.57. The zero-order valence-corrected chi connectivity index (χ0v) is 22.3. The molecule has 0 spiro atoms. The molecule has 2 aliphatic heterocycles. The highest BCUT2D eigenvalue weighted by molar-refractivity contribution is 7.71. The number of allylic oxidation sites excluding steroid dienone is 2. The number of carbonyl (C=O) groups is 2. The maximum atomic E-state index is 13.4. The molecule has 37 heavy (non-hydrogen) atoms. The first-order chi connectivity index (χ1) is 17.9. The number of aromatic nitrogens is 2. The maximum Gasteiger partial charge on any atom is 0.262 e. The quantitative estimate of drug-likeness (QED) is 0.442. The largest absolute Gasteiger partial charge is 0.368 e. The fourth-order valence-corrected chi connectivity index (χ4v) is 6.56. The predicted molar refractivity (Wildman–Crippen MR) is 147 cm³/mol. The molecule has 9 heteroatoms. The van der Waals surface area contributed by atoms with Crippen molar-refractivity contribution < 1.29 is 9.59 Å². The van der Waals surface area contributed by atoms with E-state index in [1.807, 2.05) is 0 Å². The second-order valence-corrected chi connectivity index (χ2v) is 11.1. The lowest BCUT2D eigenvalue weighted by molar-refractivity contribution is -0.134. The minimum Gasteiger partial charge on any atom is -0.368 e. The topological polar surface area (TPSA) is 104 Å². The van der Waals surface area contributed by atoms with Crippen LogP contribution in [0.1, 0.15) is 74.6 Å². The average Bonchev–Trinajstić information content (AvgIpc) is 2.93. The Bertz CT molecular complexity index is 1330. The number of H-pyrrole nitrogens is 1. The number of benzene rings is 1. The van der Waals surface area contributed by atoms with Crippen molar-refractivity contribution in [2.24, 2.45) is 5.73 Å². The van der Waals surface area contributed by atoms with E-state index in [1.165, 1.54) is 24.8 Å². The van der Waals surface area contributed by atoms with E-state index in [2.05, 4.69) is 16.0 Å². The number of nitrogens with one attached hydrogen (secondary N) is 1. The van der Waals surface area contributed by atoms with Gasteiger partial charge in [-0.3, -0.25) is 23.9 Å². The van der Waals surface area contributed by atoms with Gasteiger partial charge in [0.25, 0.3) is 11.5 Å². The van der Waals surface area contributed by atoms with Crippen LogP contribution < -0.4 is 11.3 Å². The number of fused-ring (bicyclic) bond motifs is 1. The SMILES string of the molecule is NC(=O)C1(N2CCCCC2)CCN(C(=O)c2ccc3c(=O)n(CCC4=CCCCC4)c(=S)[nH]c3c2)CC1. The third-order valence-corrected chi connectivity index (χ3v) is 8.89. The summed E-state index contributed by atoms with van der Waals surface area (Å²) in [5, 5.41) is 0.527. The van der Waals surface area contributed by atoms with Gasteiger partial charge in [-0.25, -0.2) is 0 Å². The summed E-state index contributed by atoms with van der Waals surface area (Å²) in [6.45, 7) is 3.28. The minimum absolute atomic E-state index is 0.105. The summed E-state index contributed by atoms with van der Waals surface area (Å²) in [7, 11) is 0. The van der Waals surface area contributed by atoms with E-state index in [0.29, 0.717) is 53.7 Å². The van der Waals surface area contributed by atoms with Gasteiger partial charge in [0.1, 0.15) is 5.54 Å². The molecule has 2 amide bonds. The van der Waals surface area contributed by atoms with E-state index >= 15 is 0 Å². The lowest BCUT2D eigenvalue weighted by Gasteiger charge is -2.48. The predicted octanol–water partition coefficient (Wildman–Crippen LogP) is 3.90. The molecule has 0 bridgehead atoms. The number of primary amides is 1. The molecular weight excluding hydrogens is 486 g/mol. The molecule has 8 nitrogen and oxygen atoms in total. The molecule has 3 N–H and O–H groups in total. The summed E-state index contributed by atoms with van der Waals surface area (Å²) in [6.07, 6.45) is 12.2. The number of rotatable bonds is 6. The molecular formula is C28H37N5O3S. The lowest BCUT2D eigenvalue weighted by Crippen LogP contribution is -2.63. The minimum atomic E-state index is -0.662. The number of amides is 2. The number of hydrogen-bond acceptors (Lipinski definition) is 5. The molecule has 3 aliphatic rings. The summed E-state index contributed by atoms with van der Waals surface area (Å²) in [4.78, 5) is 46.3. The van der Waals surface area contributed by atoms with E-state index in [1.54, 1.807) is 27.7 Å². The average molecular weight is 524 g/mol. The van der Waals surface area contributed by atoms with Crippen molar-refractivity contribution in [2.45, 2.75) is 76.3 Å². The Morgan fingerprint density at radius 3 is 2.46 bits per heavy atom. The van der Waals surface area contributed by atoms with Crippen LogP contribution in [0.15, 0.2) is 34.6 Å². The van der Waals surface area contributed by atoms with Gasteiger partial charge in [-0.15, -0.1) is 0 Å². The van der Waals surface area contributed by atoms with E-state index < -0.39 is 5.54 Å². The van der Waals surface area contributed by atoms with Gasteiger partial charge in [0, 0.05) is 25.2 Å². The van der Waals surface area contributed by atoms with Crippen molar-refractivity contribution in [1.29, 1.82) is 0 Å². The van der Waals surface area contributed by atoms with Crippen molar-refractivity contribution in [1.82, 2.24) is 19.4 Å². The second-order valence-electron chi connectivity index (χ2n) is 10.7. The lowest BCUT2D eigenvalue weighted by atomic mass is 9.83. The van der Waals surface area contributed by atoms with E-state index in [4.69, 9.17) is 18.0 Å². The Morgan fingerprint density at radius 1 is 1.03 bits per heavy atom. The van der Waals surface area contributed by atoms with Crippen LogP contribution in [0.2, 0.25) is 0 Å². The first-order valence-corrected chi connectivity index (χ1v) is 14.1. The highest BCUT2D eigenvalue weighted by atomic mass is 32.1. The van der Waals surface area contributed by atoms with Crippen LogP contribution in [0.4, 0.5) is 0 Å². The van der Waals surface area contributed by atoms with Gasteiger partial charge in [-0.1, -0.05) is 18.1 Å². The fourth-order valence-electron chi connectivity index (χ4n) is 6.28. The van der Waals surface area contributed by atoms with Gasteiger partial charge in [0.15, 0.2) is 4.77 Å². The number of piperidine rings is 2. The van der Waals surface area contributed by atoms with Gasteiger partial charge < -0.3 is 15.6 Å². The van der Waals surface area contributed by atoms with Crippen LogP contribution in [0.3, 0.4) is 0 Å². The molecule has 1 aromatic heterocycles. The van der Waals surface area contributed by atoms with Gasteiger partial charge in [0.2, 0.25) is 5.91 Å². The van der Waals surface area contributed by atoms with Crippen molar-refractivity contribution >= 4 is 34.9 Å². The Labute approximate surface area is 222 Å². The molecule has 2 saturated heterocycles. The van der Waals surface area contributed by atoms with Crippen LogP contribution in [0, 0.1) is 4.77 Å². The summed E-state index contributed by atoms with van der Waals surface area (Å²) in [5.41, 5.74) is 7.59. The van der Waals surface area contributed by atoms with Crippen LogP contribution in [-0.4, -0.2) is 62.9 Å². The fraction of sp³-hybridized carbons (Fsp3) is 0.571. The van der Waals surface area contributed by atoms with E-state index in [9.17, 15) is 14.4 Å². The van der Waals surface area contributed by atoms with Gasteiger partial charge in [0.05, 0.1) is 10.9 Å². The second kappa shape index (κ2) is 10.9. The number of hydrogen-bond donors (Lipinski definition) is 2. The van der Waals surface area contributed by atoms with Crippen LogP contribution in [0.25, 0.3) is 10.9 Å². The van der Waals surface area contributed by atoms with E-state index in [-0.39, 0.29) is 17.4 Å². The maximum absolute atomic E-state index is 13.4. The molecule has 0 atom stereocenters. The molecule has 2 fully saturated rings. The standard InChI is InChI=1S/C28H37N5O3S/c29-26(36)28(32-14-5-2-6-15-32)12-17-31(18-13-28)24(34)21-9-10-22-23(19-21)30-27(37)33(25(22)35)16-11-20-7-3-1-4-8-20/h7,9-10,19H,1-6,8,11-18H2,(H2,29,36)(H,30,37). The summed E-state index contributed by atoms with van der Waals surface area (Å²) in [6, 6.07) is 5.17. The normalized spacial score (nSPS) is 20.5. The Hall–Kier alpha value is -2.78. The van der Waals surface area contributed by atoms with Crippen molar-refractivity contribution in [3.8, 4) is 0 Å². The number of nitrogens with two attached hydrogens (primary N) is 1. The van der Waals surface area contributed by atoms with Crippen molar-refractivity contribution in [2.75, 3.05) is 26.2 Å². The summed E-state index contributed by atoms with van der Waals surface area (Å²) >= 11 is 5.52. The van der Waals surface area contributed by atoms with Gasteiger partial charge >= 0.3 is 0 Å². The zero-order valence-electron chi connectivity index (χ0n) is 21.5. The first-order valence-electron chi connectivity index (χ1n) is 13.7. The molecule has 3 heterocycles. The molecule has 1 aliphatic carbocycles. The summed E-state index contributed by atoms with van der Waals surface area (Å²) < 4.78 is 2.01. The molecule has 0 radical (unpaired) electrons. The Morgan fingerprint density at radius 2 is 1.78 bits per heavy atom. The summed E-state index contributed by atoms with van der Waals surface area (Å²) in [5.74, 6) is -0.387. The Kier molecular flexibility index (Phi) is 7.62. The first kappa shape index (κ1) is 25.9. The van der Waals surface area contributed by atoms with Crippen LogP contribution in [0.5, 0.6) is 0 Å². The Balaban J connectivity index is 1.31. The monoisotopic (exact) mass is 523 g/mol.